The number of nitrogens with zero attached hydrogens (tertiary/aromatic N) is 4. The summed E-state index contributed by atoms with van der Waals surface area (Å²) in [7, 11) is 2.18. The van der Waals surface area contributed by atoms with E-state index in [1.165, 1.54) is 32.1 Å². The smallest absolute Gasteiger partial charge is 0.113 e. The molecule has 0 aliphatic heterocycles. The summed E-state index contributed by atoms with van der Waals surface area (Å²) in [5.74, 6) is 0. The average molecular weight is 244 g/mol. The quantitative estimate of drug-likeness (QED) is 0.832. The summed E-state index contributed by atoms with van der Waals surface area (Å²) in [6.07, 6.45) is 6.76. The van der Waals surface area contributed by atoms with Crippen molar-refractivity contribution in [2.45, 2.75) is 44.8 Å². The van der Waals surface area contributed by atoms with Crippen molar-refractivity contribution < 1.29 is 0 Å². The molecule has 1 aromatic carbocycles. The van der Waals surface area contributed by atoms with Gasteiger partial charge in [-0.3, -0.25) is 4.90 Å². The molecule has 1 aliphatic carbocycles. The molecule has 0 amide bonds. The lowest BCUT2D eigenvalue weighted by atomic mass is 9.95. The van der Waals surface area contributed by atoms with Gasteiger partial charge in [0.15, 0.2) is 0 Å². The van der Waals surface area contributed by atoms with Crippen LogP contribution in [0.3, 0.4) is 0 Å². The van der Waals surface area contributed by atoms with Crippen LogP contribution in [0.4, 0.5) is 0 Å². The first-order valence-electron chi connectivity index (χ1n) is 6.83. The summed E-state index contributed by atoms with van der Waals surface area (Å²) in [5, 5.41) is 9.02. The molecule has 1 fully saturated rings. The Labute approximate surface area is 108 Å². The van der Waals surface area contributed by atoms with Gasteiger partial charge in [-0.2, -0.15) is 15.0 Å². The van der Waals surface area contributed by atoms with Gasteiger partial charge < -0.3 is 0 Å². The maximum atomic E-state index is 4.51. The fraction of sp³-hybridized carbons (Fsp3) is 0.571. The van der Waals surface area contributed by atoms with E-state index in [0.717, 1.165) is 17.7 Å². The molecule has 1 heterocycles. The normalized spacial score (nSPS) is 17.7. The molecule has 18 heavy (non-hydrogen) atoms. The Balaban J connectivity index is 1.71. The zero-order valence-electron chi connectivity index (χ0n) is 10.9. The molecule has 0 spiro atoms. The topological polar surface area (TPSA) is 34.0 Å². The molecular weight excluding hydrogens is 224 g/mol. The molecule has 0 bridgehead atoms. The van der Waals surface area contributed by atoms with Gasteiger partial charge in [-0.05, 0) is 32.0 Å². The molecule has 4 nitrogen and oxygen atoms in total. The number of hydrogen-bond donors (Lipinski definition) is 0. The highest BCUT2D eigenvalue weighted by molar-refractivity contribution is 5.72. The highest BCUT2D eigenvalue weighted by Crippen LogP contribution is 2.21. The Morgan fingerprint density at radius 3 is 2.33 bits per heavy atom. The Morgan fingerprint density at radius 2 is 1.72 bits per heavy atom. The van der Waals surface area contributed by atoms with Crippen LogP contribution in [0.1, 0.15) is 32.1 Å². The van der Waals surface area contributed by atoms with Crippen molar-refractivity contribution in [3.05, 3.63) is 24.3 Å². The SMILES string of the molecule is CN(Cn1nc2ccccc2n1)C1CCCCC1. The molecule has 96 valence electrons. The molecule has 0 saturated heterocycles. The average Bonchev–Trinajstić information content (AvgIpc) is 2.82. The van der Waals surface area contributed by atoms with E-state index in [-0.39, 0.29) is 0 Å². The van der Waals surface area contributed by atoms with Gasteiger partial charge in [-0.1, -0.05) is 31.4 Å². The Kier molecular flexibility index (Phi) is 3.28. The van der Waals surface area contributed by atoms with Crippen molar-refractivity contribution in [1.82, 2.24) is 19.9 Å². The maximum Gasteiger partial charge on any atom is 0.113 e. The summed E-state index contributed by atoms with van der Waals surface area (Å²) in [6.45, 7) is 0.791. The predicted molar refractivity (Wildman–Crippen MR) is 72.2 cm³/mol. The van der Waals surface area contributed by atoms with Gasteiger partial charge in [0.1, 0.15) is 17.7 Å². The Hall–Kier alpha value is -1.42. The third-order valence-electron chi connectivity index (χ3n) is 3.88. The first-order valence-corrected chi connectivity index (χ1v) is 6.83. The van der Waals surface area contributed by atoms with Gasteiger partial charge >= 0.3 is 0 Å². The predicted octanol–water partition coefficient (Wildman–Crippen LogP) is 2.65. The molecule has 4 heteroatoms. The molecule has 0 radical (unpaired) electrons. The zero-order valence-corrected chi connectivity index (χ0v) is 10.9. The van der Waals surface area contributed by atoms with E-state index in [0.29, 0.717) is 6.04 Å². The van der Waals surface area contributed by atoms with Crippen LogP contribution in [0.25, 0.3) is 11.0 Å². The molecule has 1 aromatic heterocycles. The molecule has 0 unspecified atom stereocenters. The number of hydrogen-bond acceptors (Lipinski definition) is 3. The number of benzene rings is 1. The van der Waals surface area contributed by atoms with Crippen LogP contribution in [0.15, 0.2) is 24.3 Å². The molecule has 2 aromatic rings. The fourth-order valence-electron chi connectivity index (χ4n) is 2.80. The summed E-state index contributed by atoms with van der Waals surface area (Å²) >= 11 is 0. The second-order valence-electron chi connectivity index (χ2n) is 5.25. The van der Waals surface area contributed by atoms with Gasteiger partial charge in [0.05, 0.1) is 0 Å². The Bertz CT molecular complexity index is 480. The lowest BCUT2D eigenvalue weighted by Crippen LogP contribution is -2.35. The summed E-state index contributed by atoms with van der Waals surface area (Å²) in [4.78, 5) is 4.21. The number of fused-ring (bicyclic) bond motifs is 1. The van der Waals surface area contributed by atoms with Crippen molar-refractivity contribution in [1.29, 1.82) is 0 Å². The lowest BCUT2D eigenvalue weighted by Gasteiger charge is -2.30. The summed E-state index contributed by atoms with van der Waals surface area (Å²) in [6, 6.07) is 8.74. The highest BCUT2D eigenvalue weighted by atomic mass is 15.5. The van der Waals surface area contributed by atoms with Gasteiger partial charge in [0.25, 0.3) is 0 Å². The van der Waals surface area contributed by atoms with Crippen LogP contribution in [-0.4, -0.2) is 33.0 Å². The van der Waals surface area contributed by atoms with E-state index in [9.17, 15) is 0 Å². The van der Waals surface area contributed by atoms with Crippen LogP contribution in [0, 0.1) is 0 Å². The molecule has 3 rings (SSSR count). The molecule has 1 aliphatic rings. The number of rotatable bonds is 3. The van der Waals surface area contributed by atoms with E-state index in [4.69, 9.17) is 0 Å². The second-order valence-corrected chi connectivity index (χ2v) is 5.25. The van der Waals surface area contributed by atoms with Gasteiger partial charge in [0, 0.05) is 6.04 Å². The Morgan fingerprint density at radius 1 is 1.11 bits per heavy atom. The van der Waals surface area contributed by atoms with Gasteiger partial charge in [-0.25, -0.2) is 0 Å². The van der Waals surface area contributed by atoms with E-state index in [2.05, 4.69) is 22.1 Å². The third kappa shape index (κ3) is 2.38. The van der Waals surface area contributed by atoms with Crippen LogP contribution in [0.2, 0.25) is 0 Å². The van der Waals surface area contributed by atoms with Gasteiger partial charge in [0.2, 0.25) is 0 Å². The van der Waals surface area contributed by atoms with E-state index in [1.807, 2.05) is 29.1 Å². The maximum absolute atomic E-state index is 4.51. The third-order valence-corrected chi connectivity index (χ3v) is 3.88. The first kappa shape index (κ1) is 11.7. The standard InChI is InChI=1S/C14H20N4/c1-17(12-7-3-2-4-8-12)11-18-15-13-9-5-6-10-14(13)16-18/h5-6,9-10,12H,2-4,7-8,11H2,1H3. The zero-order chi connectivity index (χ0) is 12.4. The van der Waals surface area contributed by atoms with Crippen LogP contribution >= 0.6 is 0 Å². The molecular formula is C14H20N4. The molecule has 0 N–H and O–H groups in total. The van der Waals surface area contributed by atoms with Crippen molar-refractivity contribution >= 4 is 11.0 Å². The number of aromatic nitrogens is 3. The van der Waals surface area contributed by atoms with Crippen LogP contribution in [-0.2, 0) is 6.67 Å². The van der Waals surface area contributed by atoms with Crippen molar-refractivity contribution in [2.75, 3.05) is 7.05 Å². The fourth-order valence-corrected chi connectivity index (χ4v) is 2.80. The molecule has 1 saturated carbocycles. The van der Waals surface area contributed by atoms with Crippen molar-refractivity contribution in [2.24, 2.45) is 0 Å². The minimum absolute atomic E-state index is 0.702. The van der Waals surface area contributed by atoms with Crippen molar-refractivity contribution in [3.63, 3.8) is 0 Å². The molecule has 0 atom stereocenters. The van der Waals surface area contributed by atoms with Crippen LogP contribution < -0.4 is 0 Å². The summed E-state index contributed by atoms with van der Waals surface area (Å²) in [5.41, 5.74) is 1.96. The van der Waals surface area contributed by atoms with E-state index in [1.54, 1.807) is 0 Å². The van der Waals surface area contributed by atoms with E-state index < -0.39 is 0 Å². The lowest BCUT2D eigenvalue weighted by molar-refractivity contribution is 0.138. The first-order chi connectivity index (χ1) is 8.83. The van der Waals surface area contributed by atoms with Crippen molar-refractivity contribution in [3.8, 4) is 0 Å². The minimum Gasteiger partial charge on any atom is -0.283 e. The largest absolute Gasteiger partial charge is 0.283 e. The van der Waals surface area contributed by atoms with Crippen LogP contribution in [0.5, 0.6) is 0 Å². The summed E-state index contributed by atoms with van der Waals surface area (Å²) < 4.78 is 0. The van der Waals surface area contributed by atoms with E-state index >= 15 is 0 Å². The monoisotopic (exact) mass is 244 g/mol. The highest BCUT2D eigenvalue weighted by Gasteiger charge is 2.18. The van der Waals surface area contributed by atoms with Gasteiger partial charge in [-0.15, -0.1) is 0 Å². The second kappa shape index (κ2) is 5.06. The minimum atomic E-state index is 0.702.